The normalized spacial score (nSPS) is 15.5. The number of aryl methyl sites for hydroxylation is 1. The summed E-state index contributed by atoms with van der Waals surface area (Å²) in [4.78, 5) is 21.2. The fourth-order valence-corrected chi connectivity index (χ4v) is 2.94. The molecular formula is C17H23Cl2FN6O2. The van der Waals surface area contributed by atoms with Crippen molar-refractivity contribution in [3.63, 3.8) is 0 Å². The number of hydrogen-bond acceptors (Lipinski definition) is 7. The molecule has 1 aliphatic heterocycles. The first-order valence-corrected chi connectivity index (χ1v) is 8.55. The molecule has 8 nitrogen and oxygen atoms in total. The lowest BCUT2D eigenvalue weighted by molar-refractivity contribution is -0.387. The molecular weight excluding hydrogens is 410 g/mol. The van der Waals surface area contributed by atoms with E-state index in [0.717, 1.165) is 56.0 Å². The molecule has 0 aliphatic carbocycles. The molecule has 1 fully saturated rings. The number of nitrogens with one attached hydrogen (secondary N) is 1. The maximum absolute atomic E-state index is 13.5. The fourth-order valence-electron chi connectivity index (χ4n) is 2.94. The van der Waals surface area contributed by atoms with E-state index in [1.807, 2.05) is 6.07 Å². The van der Waals surface area contributed by atoms with E-state index in [9.17, 15) is 14.5 Å². The highest BCUT2D eigenvalue weighted by atomic mass is 35.5. The Labute approximate surface area is 174 Å². The van der Waals surface area contributed by atoms with E-state index in [-0.39, 0.29) is 30.9 Å². The van der Waals surface area contributed by atoms with Gasteiger partial charge in [-0.1, -0.05) is 13.3 Å². The number of nitro benzene ring substituents is 1. The number of nitro groups is 1. The number of benzene rings is 1. The number of hydrogen-bond donors (Lipinski definition) is 2. The van der Waals surface area contributed by atoms with Crippen LogP contribution in [0.3, 0.4) is 0 Å². The molecule has 0 amide bonds. The maximum Gasteiger partial charge on any atom is 0.306 e. The summed E-state index contributed by atoms with van der Waals surface area (Å²) in [5.74, 6) is 0.218. The van der Waals surface area contributed by atoms with Crippen LogP contribution in [0.1, 0.15) is 25.5 Å². The second-order valence-corrected chi connectivity index (χ2v) is 6.33. The SMILES string of the molecule is CCCc1cc(N2CC[C@H](N)C2)nc(Nc2ccc(F)c([N+](=O)[O-])c2)n1.Cl.Cl. The third-order valence-corrected chi connectivity index (χ3v) is 4.22. The van der Waals surface area contributed by atoms with Gasteiger partial charge in [0.25, 0.3) is 0 Å². The van der Waals surface area contributed by atoms with Gasteiger partial charge in [0.15, 0.2) is 0 Å². The minimum absolute atomic E-state index is 0. The number of nitrogens with zero attached hydrogens (tertiary/aromatic N) is 4. The summed E-state index contributed by atoms with van der Waals surface area (Å²) in [6.07, 6.45) is 2.62. The lowest BCUT2D eigenvalue weighted by Gasteiger charge is -2.18. The third-order valence-electron chi connectivity index (χ3n) is 4.22. The molecule has 3 N–H and O–H groups in total. The van der Waals surface area contributed by atoms with Crippen molar-refractivity contribution in [1.82, 2.24) is 9.97 Å². The summed E-state index contributed by atoms with van der Waals surface area (Å²) in [6.45, 7) is 3.61. The van der Waals surface area contributed by atoms with Crippen LogP contribution < -0.4 is 16.0 Å². The number of nitrogens with two attached hydrogens (primary N) is 1. The Bertz CT molecular complexity index is 826. The van der Waals surface area contributed by atoms with Crippen molar-refractivity contribution >= 4 is 48.0 Å². The summed E-state index contributed by atoms with van der Waals surface area (Å²) in [6, 6.07) is 5.67. The molecule has 1 aliphatic rings. The molecule has 0 spiro atoms. The quantitative estimate of drug-likeness (QED) is 0.529. The first kappa shape index (κ1) is 23.8. The molecule has 1 atom stereocenters. The van der Waals surface area contributed by atoms with Gasteiger partial charge in [-0.05, 0) is 25.0 Å². The minimum Gasteiger partial charge on any atom is -0.355 e. The van der Waals surface area contributed by atoms with Crippen LogP contribution in [0.5, 0.6) is 0 Å². The molecule has 154 valence electrons. The van der Waals surface area contributed by atoms with E-state index in [2.05, 4.69) is 27.1 Å². The first-order valence-electron chi connectivity index (χ1n) is 8.55. The highest BCUT2D eigenvalue weighted by molar-refractivity contribution is 5.85. The topological polar surface area (TPSA) is 110 Å². The minimum atomic E-state index is -0.882. The second kappa shape index (κ2) is 10.4. The largest absolute Gasteiger partial charge is 0.355 e. The van der Waals surface area contributed by atoms with E-state index in [1.54, 1.807) is 0 Å². The van der Waals surface area contributed by atoms with Crippen LogP contribution in [0.2, 0.25) is 0 Å². The van der Waals surface area contributed by atoms with Gasteiger partial charge in [-0.3, -0.25) is 10.1 Å². The smallest absolute Gasteiger partial charge is 0.306 e. The molecule has 0 saturated carbocycles. The summed E-state index contributed by atoms with van der Waals surface area (Å²) in [5.41, 5.74) is 6.62. The van der Waals surface area contributed by atoms with Crippen molar-refractivity contribution in [3.05, 3.63) is 45.9 Å². The second-order valence-electron chi connectivity index (χ2n) is 6.33. The Hall–Kier alpha value is -2.23. The van der Waals surface area contributed by atoms with Gasteiger partial charge >= 0.3 is 5.69 Å². The number of aromatic nitrogens is 2. The fraction of sp³-hybridized carbons (Fsp3) is 0.412. The predicted octanol–water partition coefficient (Wildman–Crippen LogP) is 3.60. The summed E-state index contributed by atoms with van der Waals surface area (Å²) < 4.78 is 13.5. The van der Waals surface area contributed by atoms with Gasteiger partial charge in [-0.15, -0.1) is 24.8 Å². The zero-order chi connectivity index (χ0) is 18.7. The van der Waals surface area contributed by atoms with Crippen molar-refractivity contribution in [3.8, 4) is 0 Å². The Morgan fingerprint density at radius 3 is 2.71 bits per heavy atom. The molecule has 2 aromatic rings. The van der Waals surface area contributed by atoms with E-state index in [4.69, 9.17) is 5.73 Å². The van der Waals surface area contributed by atoms with Crippen LogP contribution in [0.4, 0.5) is 27.5 Å². The Morgan fingerprint density at radius 1 is 1.36 bits per heavy atom. The lowest BCUT2D eigenvalue weighted by atomic mass is 10.2. The average Bonchev–Trinajstić information content (AvgIpc) is 3.03. The molecule has 0 radical (unpaired) electrons. The molecule has 1 aromatic heterocycles. The molecule has 3 rings (SSSR count). The number of halogens is 3. The van der Waals surface area contributed by atoms with Gasteiger partial charge in [-0.25, -0.2) is 4.98 Å². The van der Waals surface area contributed by atoms with Gasteiger partial charge in [0.2, 0.25) is 11.8 Å². The molecule has 0 bridgehead atoms. The Balaban J connectivity index is 0.00000196. The zero-order valence-corrected chi connectivity index (χ0v) is 16.9. The van der Waals surface area contributed by atoms with E-state index in [1.165, 1.54) is 6.07 Å². The monoisotopic (exact) mass is 432 g/mol. The third kappa shape index (κ3) is 5.63. The highest BCUT2D eigenvalue weighted by Gasteiger charge is 2.22. The average molecular weight is 433 g/mol. The first-order chi connectivity index (χ1) is 12.5. The van der Waals surface area contributed by atoms with Gasteiger partial charge in [-0.2, -0.15) is 9.37 Å². The molecule has 28 heavy (non-hydrogen) atoms. The van der Waals surface area contributed by atoms with Gasteiger partial charge in [0.05, 0.1) is 4.92 Å². The molecule has 1 aromatic carbocycles. The Kier molecular flexibility index (Phi) is 8.80. The van der Waals surface area contributed by atoms with Crippen LogP contribution >= 0.6 is 24.8 Å². The molecule has 2 heterocycles. The van der Waals surface area contributed by atoms with Gasteiger partial charge < -0.3 is 16.0 Å². The van der Waals surface area contributed by atoms with Crippen LogP contribution in [0.25, 0.3) is 0 Å². The van der Waals surface area contributed by atoms with E-state index < -0.39 is 16.4 Å². The number of rotatable bonds is 6. The standard InChI is InChI=1S/C17H21FN6O2.2ClH/c1-2-3-12-9-16(23-7-6-11(19)10-23)22-17(20-12)21-13-4-5-14(18)15(8-13)24(25)26;;/h4-5,8-9,11H,2-3,6-7,10,19H2,1H3,(H,20,21,22);2*1H/t11-;;/m0../s1. The summed E-state index contributed by atoms with van der Waals surface area (Å²) in [7, 11) is 0. The predicted molar refractivity (Wildman–Crippen MR) is 112 cm³/mol. The highest BCUT2D eigenvalue weighted by Crippen LogP contribution is 2.25. The van der Waals surface area contributed by atoms with Crippen LogP contribution in [-0.4, -0.2) is 34.0 Å². The molecule has 0 unspecified atom stereocenters. The Morgan fingerprint density at radius 2 is 2.11 bits per heavy atom. The molecule has 1 saturated heterocycles. The van der Waals surface area contributed by atoms with E-state index >= 15 is 0 Å². The van der Waals surface area contributed by atoms with Crippen LogP contribution in [0.15, 0.2) is 24.3 Å². The van der Waals surface area contributed by atoms with Crippen molar-refractivity contribution in [1.29, 1.82) is 0 Å². The van der Waals surface area contributed by atoms with Crippen LogP contribution in [0, 0.1) is 15.9 Å². The van der Waals surface area contributed by atoms with Crippen molar-refractivity contribution in [2.75, 3.05) is 23.3 Å². The van der Waals surface area contributed by atoms with Crippen LogP contribution in [-0.2, 0) is 6.42 Å². The molecule has 11 heteroatoms. The van der Waals surface area contributed by atoms with Crippen molar-refractivity contribution in [2.24, 2.45) is 5.73 Å². The van der Waals surface area contributed by atoms with Gasteiger partial charge in [0.1, 0.15) is 5.82 Å². The number of anilines is 3. The van der Waals surface area contributed by atoms with Crippen molar-refractivity contribution < 1.29 is 9.31 Å². The maximum atomic E-state index is 13.5. The summed E-state index contributed by atoms with van der Waals surface area (Å²) >= 11 is 0. The van der Waals surface area contributed by atoms with Crippen molar-refractivity contribution in [2.45, 2.75) is 32.2 Å². The summed E-state index contributed by atoms with van der Waals surface area (Å²) in [5, 5.41) is 13.9. The zero-order valence-electron chi connectivity index (χ0n) is 15.3. The van der Waals surface area contributed by atoms with Gasteiger partial charge in [0, 0.05) is 42.6 Å². The lowest BCUT2D eigenvalue weighted by Crippen LogP contribution is -2.27. The van der Waals surface area contributed by atoms with E-state index in [0.29, 0.717) is 11.6 Å².